The van der Waals surface area contributed by atoms with Crippen LogP contribution in [0.1, 0.15) is 5.56 Å². The normalized spacial score (nSPS) is 12.8. The van der Waals surface area contributed by atoms with E-state index in [9.17, 15) is 21.6 Å². The Morgan fingerprint density at radius 3 is 2.25 bits per heavy atom. The van der Waals surface area contributed by atoms with Crippen molar-refractivity contribution in [3.05, 3.63) is 23.8 Å². The molecule has 0 aliphatic carbocycles. The second-order valence-corrected chi connectivity index (χ2v) is 4.53. The maximum Gasteiger partial charge on any atom is 0.393 e. The number of nitrogens with two attached hydrogens (primary N) is 1. The molecule has 1 aromatic carbocycles. The minimum absolute atomic E-state index is 0.169. The number of hydrogen-bond acceptors (Lipinski definition) is 3. The number of hydrogen-bond donors (Lipinski definition) is 2. The number of alkyl halides is 3. The molecular weight excluding hydrogens is 247 g/mol. The average Bonchev–Trinajstić information content (AvgIpc) is 1.97. The van der Waals surface area contributed by atoms with Gasteiger partial charge in [-0.2, -0.15) is 21.6 Å². The summed E-state index contributed by atoms with van der Waals surface area (Å²) in [7, 11) is -4.50. The molecular formula is C8H8F3NO3S. The Labute approximate surface area is 89.6 Å². The van der Waals surface area contributed by atoms with Crippen LogP contribution in [0.25, 0.3) is 0 Å². The van der Waals surface area contributed by atoms with Crippen LogP contribution in [0, 0.1) is 0 Å². The van der Waals surface area contributed by atoms with Gasteiger partial charge in [-0.3, -0.25) is 4.55 Å². The van der Waals surface area contributed by atoms with E-state index in [-0.39, 0.29) is 5.56 Å². The van der Waals surface area contributed by atoms with Crippen molar-refractivity contribution in [2.75, 3.05) is 5.73 Å². The van der Waals surface area contributed by atoms with Crippen molar-refractivity contribution in [3.63, 3.8) is 0 Å². The van der Waals surface area contributed by atoms with Gasteiger partial charge in [0.1, 0.15) is 4.90 Å². The summed E-state index contributed by atoms with van der Waals surface area (Å²) in [6.07, 6.45) is -5.60. The fourth-order valence-corrected chi connectivity index (χ4v) is 1.77. The standard InChI is InChI=1S/C8H8F3NO3S/c9-8(10,11)4-5-1-2-7(6(12)3-5)16(13,14)15/h1-3H,4,12H2,(H,13,14,15). The Morgan fingerprint density at radius 1 is 1.31 bits per heavy atom. The van der Waals surface area contributed by atoms with Crippen molar-refractivity contribution in [2.45, 2.75) is 17.5 Å². The van der Waals surface area contributed by atoms with Crippen molar-refractivity contribution < 1.29 is 26.1 Å². The van der Waals surface area contributed by atoms with Gasteiger partial charge in [-0.1, -0.05) is 6.07 Å². The van der Waals surface area contributed by atoms with Crippen LogP contribution in [0.2, 0.25) is 0 Å². The maximum absolute atomic E-state index is 12.0. The van der Waals surface area contributed by atoms with Crippen LogP contribution in [0.15, 0.2) is 23.1 Å². The van der Waals surface area contributed by atoms with Gasteiger partial charge in [-0.25, -0.2) is 0 Å². The number of nitrogen functional groups attached to an aromatic ring is 1. The number of rotatable bonds is 2. The van der Waals surface area contributed by atoms with E-state index >= 15 is 0 Å². The molecule has 1 rings (SSSR count). The second kappa shape index (κ2) is 3.95. The van der Waals surface area contributed by atoms with Crippen LogP contribution < -0.4 is 5.73 Å². The zero-order valence-corrected chi connectivity index (χ0v) is 8.64. The lowest BCUT2D eigenvalue weighted by atomic mass is 10.1. The molecule has 4 nitrogen and oxygen atoms in total. The van der Waals surface area contributed by atoms with E-state index in [1.165, 1.54) is 0 Å². The Hall–Kier alpha value is -1.28. The highest BCUT2D eigenvalue weighted by Gasteiger charge is 2.28. The number of halogens is 3. The smallest absolute Gasteiger partial charge is 0.393 e. The highest BCUT2D eigenvalue weighted by atomic mass is 32.2. The van der Waals surface area contributed by atoms with E-state index in [2.05, 4.69) is 0 Å². The lowest BCUT2D eigenvalue weighted by Gasteiger charge is -2.08. The van der Waals surface area contributed by atoms with Crippen molar-refractivity contribution >= 4 is 15.8 Å². The first kappa shape index (κ1) is 12.8. The molecule has 8 heteroatoms. The summed E-state index contributed by atoms with van der Waals surface area (Å²) in [6.45, 7) is 0. The lowest BCUT2D eigenvalue weighted by Crippen LogP contribution is -2.12. The van der Waals surface area contributed by atoms with Gasteiger partial charge in [0, 0.05) is 0 Å². The first-order chi connectivity index (χ1) is 7.09. The highest BCUT2D eigenvalue weighted by molar-refractivity contribution is 7.86. The average molecular weight is 255 g/mol. The highest BCUT2D eigenvalue weighted by Crippen LogP contribution is 2.25. The molecule has 0 bridgehead atoms. The van der Waals surface area contributed by atoms with Crippen molar-refractivity contribution in [1.82, 2.24) is 0 Å². The Balaban J connectivity index is 3.10. The summed E-state index contributed by atoms with van der Waals surface area (Å²) in [5.41, 5.74) is 4.64. The molecule has 0 aliphatic rings. The molecule has 0 unspecified atom stereocenters. The summed E-state index contributed by atoms with van der Waals surface area (Å²) in [6, 6.07) is 2.66. The van der Waals surface area contributed by atoms with Crippen LogP contribution in [-0.2, 0) is 16.5 Å². The van der Waals surface area contributed by atoms with Crippen LogP contribution in [0.4, 0.5) is 18.9 Å². The molecule has 90 valence electrons. The third kappa shape index (κ3) is 3.38. The first-order valence-corrected chi connectivity index (χ1v) is 5.46. The predicted molar refractivity (Wildman–Crippen MR) is 50.4 cm³/mol. The Kier molecular flexibility index (Phi) is 3.15. The van der Waals surface area contributed by atoms with Crippen LogP contribution in [-0.4, -0.2) is 19.1 Å². The first-order valence-electron chi connectivity index (χ1n) is 4.02. The minimum Gasteiger partial charge on any atom is -0.398 e. The van der Waals surface area contributed by atoms with E-state index < -0.39 is 33.3 Å². The summed E-state index contributed by atoms with van der Waals surface area (Å²) in [4.78, 5) is -0.599. The van der Waals surface area contributed by atoms with Crippen LogP contribution >= 0.6 is 0 Å². The zero-order valence-electron chi connectivity index (χ0n) is 7.82. The van der Waals surface area contributed by atoms with Crippen molar-refractivity contribution in [2.24, 2.45) is 0 Å². The summed E-state index contributed by atoms with van der Waals surface area (Å²) >= 11 is 0. The van der Waals surface area contributed by atoms with Gasteiger partial charge in [0.25, 0.3) is 10.1 Å². The minimum atomic E-state index is -4.50. The molecule has 0 saturated heterocycles. The third-order valence-corrected chi connectivity index (χ3v) is 2.68. The van der Waals surface area contributed by atoms with E-state index in [1.807, 2.05) is 0 Å². The molecule has 0 fully saturated rings. The Bertz CT molecular complexity index is 496. The molecule has 1 aromatic rings. The summed E-state index contributed by atoms with van der Waals surface area (Å²) < 4.78 is 66.1. The largest absolute Gasteiger partial charge is 0.398 e. The fraction of sp³-hybridized carbons (Fsp3) is 0.250. The molecule has 0 spiro atoms. The van der Waals surface area contributed by atoms with Crippen molar-refractivity contribution in [1.29, 1.82) is 0 Å². The lowest BCUT2D eigenvalue weighted by molar-refractivity contribution is -0.127. The van der Waals surface area contributed by atoms with Crippen molar-refractivity contribution in [3.8, 4) is 0 Å². The molecule has 16 heavy (non-hydrogen) atoms. The van der Waals surface area contributed by atoms with Gasteiger partial charge < -0.3 is 5.73 Å². The van der Waals surface area contributed by atoms with Gasteiger partial charge in [0.2, 0.25) is 0 Å². The zero-order chi connectivity index (χ0) is 12.6. The predicted octanol–water partition coefficient (Wildman–Crippen LogP) is 1.62. The van der Waals surface area contributed by atoms with E-state index in [1.54, 1.807) is 0 Å². The molecule has 0 aromatic heterocycles. The van der Waals surface area contributed by atoms with Gasteiger partial charge in [-0.15, -0.1) is 0 Å². The van der Waals surface area contributed by atoms with Crippen LogP contribution in [0.3, 0.4) is 0 Å². The molecule has 3 N–H and O–H groups in total. The molecule has 0 amide bonds. The SMILES string of the molecule is Nc1cc(CC(F)(F)F)ccc1S(=O)(=O)O. The van der Waals surface area contributed by atoms with Crippen LogP contribution in [0.5, 0.6) is 0 Å². The maximum atomic E-state index is 12.0. The van der Waals surface area contributed by atoms with Gasteiger partial charge in [-0.05, 0) is 17.7 Å². The molecule has 0 aliphatic heterocycles. The number of benzene rings is 1. The Morgan fingerprint density at radius 2 is 1.88 bits per heavy atom. The van der Waals surface area contributed by atoms with E-state index in [4.69, 9.17) is 10.3 Å². The van der Waals surface area contributed by atoms with E-state index in [0.717, 1.165) is 18.2 Å². The van der Waals surface area contributed by atoms with Gasteiger partial charge in [0.15, 0.2) is 0 Å². The molecule has 0 radical (unpaired) electrons. The topological polar surface area (TPSA) is 80.4 Å². The quantitative estimate of drug-likeness (QED) is 0.621. The van der Waals surface area contributed by atoms with Gasteiger partial charge >= 0.3 is 6.18 Å². The molecule has 0 atom stereocenters. The summed E-state index contributed by atoms with van der Waals surface area (Å²) in [5, 5.41) is 0. The second-order valence-electron chi connectivity index (χ2n) is 3.14. The third-order valence-electron chi connectivity index (χ3n) is 1.76. The fourth-order valence-electron chi connectivity index (χ4n) is 1.17. The number of anilines is 1. The monoisotopic (exact) mass is 255 g/mol. The molecule has 0 saturated carbocycles. The summed E-state index contributed by atoms with van der Waals surface area (Å²) in [5.74, 6) is 0. The van der Waals surface area contributed by atoms with Gasteiger partial charge in [0.05, 0.1) is 12.1 Å². The molecule has 0 heterocycles. The van der Waals surface area contributed by atoms with E-state index in [0.29, 0.717) is 0 Å².